The van der Waals surface area contributed by atoms with Gasteiger partial charge in [0, 0.05) is 43.0 Å². The van der Waals surface area contributed by atoms with Gasteiger partial charge in [-0.2, -0.15) is 0 Å². The van der Waals surface area contributed by atoms with E-state index in [2.05, 4.69) is 29.3 Å². The molecule has 0 N–H and O–H groups in total. The Morgan fingerprint density at radius 1 is 0.810 bits per heavy atom. The maximum Gasteiger partial charge on any atom is 0 e. The van der Waals surface area contributed by atoms with Crippen LogP contribution >= 0.6 is 16.9 Å². The summed E-state index contributed by atoms with van der Waals surface area (Å²) in [4.78, 5) is 0. The summed E-state index contributed by atoms with van der Waals surface area (Å²) in [5.41, 5.74) is 0. The SMILES string of the molecule is COP(OC)OC.CO[P+](=O)OC.[C-]#[O+].[CH]1[CH][CH][CH][CH]1.[Fe]. The van der Waals surface area contributed by atoms with Gasteiger partial charge in [-0.1, -0.05) is 0 Å². The van der Waals surface area contributed by atoms with Crippen LogP contribution in [0.2, 0.25) is 0 Å². The fourth-order valence-electron chi connectivity index (χ4n) is 0.619. The van der Waals surface area contributed by atoms with Crippen LogP contribution in [0.3, 0.4) is 0 Å². The van der Waals surface area contributed by atoms with Crippen LogP contribution in [-0.2, 0) is 48.9 Å². The molecule has 0 saturated heterocycles. The van der Waals surface area contributed by atoms with Crippen molar-refractivity contribution in [3.8, 4) is 0 Å². The molecule has 0 aromatic heterocycles. The summed E-state index contributed by atoms with van der Waals surface area (Å²) in [6.07, 6.45) is 10.0. The molecular weight excluding hydrogens is 362 g/mol. The van der Waals surface area contributed by atoms with Crippen molar-refractivity contribution in [2.45, 2.75) is 0 Å². The summed E-state index contributed by atoms with van der Waals surface area (Å²) in [5.74, 6) is 0. The van der Waals surface area contributed by atoms with Gasteiger partial charge in [0.1, 0.15) is 0 Å². The Morgan fingerprint density at radius 3 is 1.10 bits per heavy atom. The first-order valence-electron chi connectivity index (χ1n) is 5.01. The molecule has 21 heavy (non-hydrogen) atoms. The van der Waals surface area contributed by atoms with Crippen molar-refractivity contribution in [1.82, 2.24) is 0 Å². The van der Waals surface area contributed by atoms with Gasteiger partial charge in [0.25, 0.3) is 0 Å². The van der Waals surface area contributed by atoms with Gasteiger partial charge in [-0.05, 0) is 32.1 Å². The molecule has 123 valence electrons. The Balaban J connectivity index is -0.0000000958. The van der Waals surface area contributed by atoms with E-state index in [0.29, 0.717) is 0 Å². The molecule has 1 aliphatic carbocycles. The molecule has 1 fully saturated rings. The van der Waals surface area contributed by atoms with Gasteiger partial charge in [-0.15, -0.1) is 9.05 Å². The second-order valence-corrected chi connectivity index (χ2v) is 5.04. The van der Waals surface area contributed by atoms with E-state index in [9.17, 15) is 4.57 Å². The molecule has 0 aromatic carbocycles. The van der Waals surface area contributed by atoms with E-state index >= 15 is 0 Å². The van der Waals surface area contributed by atoms with E-state index in [1.165, 1.54) is 14.2 Å². The molecule has 1 saturated carbocycles. The Hall–Kier alpha value is 0.589. The zero-order valence-corrected chi connectivity index (χ0v) is 15.4. The van der Waals surface area contributed by atoms with Crippen LogP contribution in [0.4, 0.5) is 0 Å². The van der Waals surface area contributed by atoms with E-state index in [4.69, 9.17) is 4.65 Å². The maximum atomic E-state index is 9.88. The molecule has 0 heterocycles. The summed E-state index contributed by atoms with van der Waals surface area (Å²) in [6, 6.07) is 0. The van der Waals surface area contributed by atoms with Gasteiger partial charge in [-0.3, -0.25) is 0 Å². The van der Waals surface area contributed by atoms with Crippen molar-refractivity contribution in [2.24, 2.45) is 0 Å². The minimum absolute atomic E-state index is 0. The first-order valence-corrected chi connectivity index (χ1v) is 7.20. The normalized spacial score (nSPS) is 11.6. The minimum atomic E-state index is -1.83. The standard InChI is InChI=1S/C5H5.C3H9O3P.C2H6O3P.CO.Fe/c1-2-4-5-3-1;1-4-7(5-2)6-3;1-4-6(3)5-2;1-2;/h1-5H;1-3H3;1-2H3;;/q;;+1;;. The van der Waals surface area contributed by atoms with Crippen molar-refractivity contribution in [2.75, 3.05) is 35.5 Å². The Morgan fingerprint density at radius 2 is 1.05 bits per heavy atom. The van der Waals surface area contributed by atoms with Crippen molar-refractivity contribution < 1.29 is 48.9 Å². The molecule has 1 rings (SSSR count). The van der Waals surface area contributed by atoms with E-state index in [1.807, 2.05) is 32.1 Å². The number of rotatable bonds is 5. The predicted molar refractivity (Wildman–Crippen MR) is 75.0 cm³/mol. The zero-order valence-electron chi connectivity index (χ0n) is 12.5. The molecule has 0 amide bonds. The Bertz CT molecular complexity index is 193. The first kappa shape index (κ1) is 29.6. The second kappa shape index (κ2) is 28.7. The Kier molecular flexibility index (Phi) is 40.4. The summed E-state index contributed by atoms with van der Waals surface area (Å²) < 4.78 is 39.8. The van der Waals surface area contributed by atoms with E-state index in [0.717, 1.165) is 0 Å². The molecule has 10 heteroatoms. The summed E-state index contributed by atoms with van der Waals surface area (Å²) >= 11 is 0. The predicted octanol–water partition coefficient (Wildman–Crippen LogP) is 3.07. The van der Waals surface area contributed by atoms with E-state index in [1.54, 1.807) is 21.3 Å². The third-order valence-corrected chi connectivity index (χ3v) is 2.79. The fraction of sp³-hybridized carbons (Fsp3) is 0.455. The summed E-state index contributed by atoms with van der Waals surface area (Å²) in [7, 11) is 4.38. The van der Waals surface area contributed by atoms with Gasteiger partial charge in [0.15, 0.2) is 0 Å². The third-order valence-electron chi connectivity index (χ3n) is 1.30. The molecule has 1 aliphatic rings. The van der Waals surface area contributed by atoms with Gasteiger partial charge in [0.2, 0.25) is 0 Å². The quantitative estimate of drug-likeness (QED) is 0.315. The van der Waals surface area contributed by atoms with Gasteiger partial charge >= 0.3 is 28.2 Å². The smallest absolute Gasteiger partial charge is 0 e. The molecule has 0 bridgehead atoms. The van der Waals surface area contributed by atoms with Crippen LogP contribution in [0.1, 0.15) is 0 Å². The summed E-state index contributed by atoms with van der Waals surface area (Å²) in [6.45, 7) is 4.50. The van der Waals surface area contributed by atoms with Crippen molar-refractivity contribution in [1.29, 1.82) is 0 Å². The Labute approximate surface area is 140 Å². The monoisotopic (exact) mass is 382 g/mol. The number of hydrogen-bond donors (Lipinski definition) is 0. The van der Waals surface area contributed by atoms with Gasteiger partial charge < -0.3 is 13.6 Å². The van der Waals surface area contributed by atoms with Crippen LogP contribution in [-0.4, -0.2) is 35.5 Å². The molecule has 0 atom stereocenters. The zero-order chi connectivity index (χ0) is 16.2. The van der Waals surface area contributed by atoms with E-state index in [-0.39, 0.29) is 17.1 Å². The average Bonchev–Trinajstić information content (AvgIpc) is 3.10. The number of hydrogen-bond acceptors (Lipinski definition) is 6. The molecular formula is C11H20FeO7P2+. The minimum Gasteiger partial charge on any atom is -0.0312 e. The molecule has 0 unspecified atom stereocenters. The van der Waals surface area contributed by atoms with Crippen LogP contribution in [0, 0.1) is 38.8 Å². The molecule has 0 spiro atoms. The van der Waals surface area contributed by atoms with Gasteiger partial charge in [0.05, 0.1) is 14.2 Å². The van der Waals surface area contributed by atoms with Crippen LogP contribution in [0.15, 0.2) is 0 Å². The van der Waals surface area contributed by atoms with Crippen molar-refractivity contribution >= 4 is 16.9 Å². The topological polar surface area (TPSA) is 83.1 Å². The third kappa shape index (κ3) is 29.3. The summed E-state index contributed by atoms with van der Waals surface area (Å²) in [5, 5.41) is 0. The van der Waals surface area contributed by atoms with E-state index < -0.39 is 16.9 Å². The molecule has 0 aromatic rings. The van der Waals surface area contributed by atoms with Crippen LogP contribution in [0.25, 0.3) is 0 Å². The van der Waals surface area contributed by atoms with Crippen molar-refractivity contribution in [3.63, 3.8) is 0 Å². The molecule has 5 radical (unpaired) electrons. The van der Waals surface area contributed by atoms with Crippen LogP contribution in [0.5, 0.6) is 0 Å². The maximum absolute atomic E-state index is 9.88. The molecule has 0 aliphatic heterocycles. The van der Waals surface area contributed by atoms with Gasteiger partial charge in [-0.25, -0.2) is 0 Å². The van der Waals surface area contributed by atoms with Crippen LogP contribution < -0.4 is 0 Å². The largest absolute Gasteiger partial charge is 0.0312 e. The fourth-order valence-corrected chi connectivity index (χ4v) is 1.22. The average molecular weight is 382 g/mol. The molecule has 7 nitrogen and oxygen atoms in total. The second-order valence-electron chi connectivity index (χ2n) is 2.32. The van der Waals surface area contributed by atoms with Crippen molar-refractivity contribution in [3.05, 3.63) is 38.8 Å². The first-order chi connectivity index (χ1) is 9.65.